The van der Waals surface area contributed by atoms with Gasteiger partial charge in [0.05, 0.1) is 26.4 Å². The zero-order chi connectivity index (χ0) is 24.9. The van der Waals surface area contributed by atoms with E-state index < -0.39 is 29.3 Å². The molecule has 2 aromatic carbocycles. The molecular formula is C23H13ClN2O8S. The zero-order valence-electron chi connectivity index (χ0n) is 17.6. The molecule has 0 spiro atoms. The first-order valence-electron chi connectivity index (χ1n) is 9.89. The van der Waals surface area contributed by atoms with Gasteiger partial charge in [0.2, 0.25) is 11.8 Å². The van der Waals surface area contributed by atoms with E-state index in [0.717, 1.165) is 11.3 Å². The molecule has 0 saturated heterocycles. The lowest BCUT2D eigenvalue weighted by Crippen LogP contribution is -2.18. The molecule has 0 radical (unpaired) electrons. The number of aromatic hydroxyl groups is 2. The molecule has 0 aliphatic rings. The number of benzene rings is 2. The average molecular weight is 513 g/mol. The molecule has 0 fully saturated rings. The van der Waals surface area contributed by atoms with Crippen molar-refractivity contribution >= 4 is 56.1 Å². The first-order chi connectivity index (χ1) is 16.7. The lowest BCUT2D eigenvalue weighted by Gasteiger charge is -2.06. The van der Waals surface area contributed by atoms with Crippen LogP contribution >= 0.6 is 22.9 Å². The summed E-state index contributed by atoms with van der Waals surface area (Å²) in [6.07, 6.45) is 0. The molecule has 12 heteroatoms. The Morgan fingerprint density at radius 1 is 1.09 bits per heavy atom. The first-order valence-corrected chi connectivity index (χ1v) is 11.1. The van der Waals surface area contributed by atoms with E-state index in [0.29, 0.717) is 25.3 Å². The van der Waals surface area contributed by atoms with Crippen LogP contribution in [0.3, 0.4) is 0 Å². The molecule has 0 saturated carbocycles. The summed E-state index contributed by atoms with van der Waals surface area (Å²) in [5.74, 6) is -2.21. The molecule has 0 aliphatic heterocycles. The highest BCUT2D eigenvalue weighted by Crippen LogP contribution is 2.34. The van der Waals surface area contributed by atoms with Crippen LogP contribution in [-0.2, 0) is 4.79 Å². The summed E-state index contributed by atoms with van der Waals surface area (Å²) in [5.41, 5.74) is 0.362. The molecule has 3 aromatic heterocycles. The maximum Gasteiger partial charge on any atom is 0.363 e. The van der Waals surface area contributed by atoms with Gasteiger partial charge in [-0.05, 0) is 30.3 Å². The van der Waals surface area contributed by atoms with Gasteiger partial charge in [-0.15, -0.1) is 16.1 Å². The second-order valence-corrected chi connectivity index (χ2v) is 8.72. The molecule has 5 aromatic rings. The van der Waals surface area contributed by atoms with Crippen molar-refractivity contribution in [2.75, 3.05) is 0 Å². The molecular weight excluding hydrogens is 500 g/mol. The van der Waals surface area contributed by atoms with Crippen molar-refractivity contribution in [2.45, 2.75) is 6.92 Å². The number of nitrogens with zero attached hydrogens (tertiary/aromatic N) is 2. The second-order valence-electron chi connectivity index (χ2n) is 7.29. The molecule has 0 amide bonds. The van der Waals surface area contributed by atoms with Gasteiger partial charge in [0.15, 0.2) is 5.75 Å². The highest BCUT2D eigenvalue weighted by molar-refractivity contribution is 7.21. The number of thiazole rings is 1. The van der Waals surface area contributed by atoms with E-state index in [1.807, 2.05) is 0 Å². The van der Waals surface area contributed by atoms with Crippen molar-refractivity contribution in [3.05, 3.63) is 69.5 Å². The monoisotopic (exact) mass is 512 g/mol. The minimum atomic E-state index is -0.827. The van der Waals surface area contributed by atoms with Gasteiger partial charge in [0.1, 0.15) is 10.6 Å². The summed E-state index contributed by atoms with van der Waals surface area (Å²) >= 11 is 7.33. The molecule has 35 heavy (non-hydrogen) atoms. The third kappa shape index (κ3) is 4.18. The van der Waals surface area contributed by atoms with Crippen molar-refractivity contribution < 1.29 is 33.8 Å². The van der Waals surface area contributed by atoms with E-state index in [2.05, 4.69) is 4.98 Å². The fourth-order valence-electron chi connectivity index (χ4n) is 3.30. The Bertz CT molecular complexity index is 1700. The van der Waals surface area contributed by atoms with E-state index >= 15 is 0 Å². The highest BCUT2D eigenvalue weighted by atomic mass is 35.5. The SMILES string of the molecule is CC(=O)Oc1cc2oc(=O)c(-c3nc4ccc(C(=O)On5c(O)ccc5O)cc4s3)cc2cc1Cl. The lowest BCUT2D eigenvalue weighted by atomic mass is 10.2. The number of aromatic nitrogens is 2. The maximum atomic E-state index is 12.7. The number of esters is 1. The van der Waals surface area contributed by atoms with E-state index in [1.54, 1.807) is 12.1 Å². The normalized spacial score (nSPS) is 11.1. The van der Waals surface area contributed by atoms with Gasteiger partial charge >= 0.3 is 17.6 Å². The summed E-state index contributed by atoms with van der Waals surface area (Å²) < 4.78 is 11.6. The van der Waals surface area contributed by atoms with E-state index in [4.69, 9.17) is 25.6 Å². The van der Waals surface area contributed by atoms with Crippen molar-refractivity contribution in [2.24, 2.45) is 0 Å². The van der Waals surface area contributed by atoms with Gasteiger partial charge in [0.25, 0.3) is 0 Å². The number of carbonyl (C=O) groups excluding carboxylic acids is 2. The molecule has 5 rings (SSSR count). The minimum Gasteiger partial charge on any atom is -0.492 e. The van der Waals surface area contributed by atoms with Crippen LogP contribution in [0.25, 0.3) is 31.8 Å². The van der Waals surface area contributed by atoms with Crippen LogP contribution < -0.4 is 15.2 Å². The Morgan fingerprint density at radius 3 is 2.54 bits per heavy atom. The smallest absolute Gasteiger partial charge is 0.363 e. The van der Waals surface area contributed by atoms with E-state index in [1.165, 1.54) is 43.3 Å². The lowest BCUT2D eigenvalue weighted by molar-refractivity contribution is -0.131. The van der Waals surface area contributed by atoms with Crippen LogP contribution in [0, 0.1) is 0 Å². The van der Waals surface area contributed by atoms with E-state index in [9.17, 15) is 24.6 Å². The molecule has 0 bridgehead atoms. The fourth-order valence-corrected chi connectivity index (χ4v) is 4.52. The second kappa shape index (κ2) is 8.46. The third-order valence-corrected chi connectivity index (χ3v) is 6.21. The largest absolute Gasteiger partial charge is 0.492 e. The zero-order valence-corrected chi connectivity index (χ0v) is 19.2. The van der Waals surface area contributed by atoms with Crippen LogP contribution in [0.1, 0.15) is 17.3 Å². The number of hydrogen-bond donors (Lipinski definition) is 2. The standard InChI is InChI=1S/C23H13ClN2O8S/c1-10(27)32-17-9-16-12(7-14(17)24)6-13(23(31)33-16)21-25-15-3-2-11(8-18(15)35-21)22(30)34-26-19(28)4-5-20(26)29/h2-9,28-29H,1H3. The summed E-state index contributed by atoms with van der Waals surface area (Å²) in [7, 11) is 0. The van der Waals surface area contributed by atoms with Gasteiger partial charge < -0.3 is 24.2 Å². The number of rotatable bonds is 4. The first kappa shape index (κ1) is 22.4. The van der Waals surface area contributed by atoms with Crippen molar-refractivity contribution in [1.82, 2.24) is 9.71 Å². The Hall–Kier alpha value is -4.35. The van der Waals surface area contributed by atoms with Crippen LogP contribution in [0.15, 0.2) is 57.7 Å². The summed E-state index contributed by atoms with van der Waals surface area (Å²) in [6.45, 7) is 1.23. The minimum absolute atomic E-state index is 0.0727. The fraction of sp³-hybridized carbons (Fsp3) is 0.0435. The molecule has 0 aliphatic carbocycles. The quantitative estimate of drug-likeness (QED) is 0.206. The Kier molecular flexibility index (Phi) is 5.42. The predicted octanol–water partition coefficient (Wildman–Crippen LogP) is 4.13. The van der Waals surface area contributed by atoms with Crippen LogP contribution in [0.2, 0.25) is 5.02 Å². The third-order valence-electron chi connectivity index (χ3n) is 4.87. The summed E-state index contributed by atoms with van der Waals surface area (Å²) in [6, 6.07) is 11.3. The average Bonchev–Trinajstić information content (AvgIpc) is 3.37. The molecule has 176 valence electrons. The van der Waals surface area contributed by atoms with Crippen LogP contribution in [0.4, 0.5) is 0 Å². The van der Waals surface area contributed by atoms with Gasteiger partial charge in [-0.2, -0.15) is 0 Å². The van der Waals surface area contributed by atoms with Gasteiger partial charge in [-0.1, -0.05) is 11.6 Å². The Labute approximate surface area is 204 Å². The number of ether oxygens (including phenoxy) is 1. The van der Waals surface area contributed by atoms with Gasteiger partial charge in [-0.3, -0.25) is 4.79 Å². The number of fused-ring (bicyclic) bond motifs is 2. The summed E-state index contributed by atoms with van der Waals surface area (Å²) in [5, 5.41) is 20.3. The van der Waals surface area contributed by atoms with Gasteiger partial charge in [-0.25, -0.2) is 14.6 Å². The van der Waals surface area contributed by atoms with Gasteiger partial charge in [0, 0.05) is 30.5 Å². The Balaban J connectivity index is 1.50. The predicted molar refractivity (Wildman–Crippen MR) is 126 cm³/mol. The Morgan fingerprint density at radius 2 is 1.83 bits per heavy atom. The number of carbonyl (C=O) groups is 2. The maximum absolute atomic E-state index is 12.7. The van der Waals surface area contributed by atoms with Crippen molar-refractivity contribution in [3.8, 4) is 28.1 Å². The molecule has 2 N–H and O–H groups in total. The molecule has 0 atom stereocenters. The highest BCUT2D eigenvalue weighted by Gasteiger charge is 2.18. The van der Waals surface area contributed by atoms with Crippen LogP contribution in [0.5, 0.6) is 17.5 Å². The van der Waals surface area contributed by atoms with E-state index in [-0.39, 0.29) is 27.5 Å². The molecule has 3 heterocycles. The van der Waals surface area contributed by atoms with Crippen molar-refractivity contribution in [1.29, 1.82) is 0 Å². The summed E-state index contributed by atoms with van der Waals surface area (Å²) in [4.78, 5) is 45.9. The van der Waals surface area contributed by atoms with Crippen LogP contribution in [-0.4, -0.2) is 31.9 Å². The number of hydrogen-bond acceptors (Lipinski definition) is 10. The van der Waals surface area contributed by atoms with Crippen molar-refractivity contribution in [3.63, 3.8) is 0 Å². The topological polar surface area (TPSA) is 141 Å². The number of halogens is 1. The molecule has 0 unspecified atom stereocenters. The molecule has 10 nitrogen and oxygen atoms in total.